The summed E-state index contributed by atoms with van der Waals surface area (Å²) in [5.41, 5.74) is 1.85. The van der Waals surface area contributed by atoms with Crippen molar-refractivity contribution in [1.29, 1.82) is 0 Å². The topological polar surface area (TPSA) is 59.1 Å². The van der Waals surface area contributed by atoms with E-state index in [-0.39, 0.29) is 17.7 Å². The standard InChI is InChI=1S/C20H28O4/c1-13-6-5-10-20(4)17(24-20)9-11-19(3,22)12-16-15(8-7-13)14(2)18(21)23-16/h6,12,17,22H,5,7-11H2,1-4H3/b13-6+,16-12+/t17-,19-,20-/m1/s1. The van der Waals surface area contributed by atoms with Gasteiger partial charge in [0.2, 0.25) is 0 Å². The van der Waals surface area contributed by atoms with E-state index in [9.17, 15) is 9.90 Å². The zero-order valence-electron chi connectivity index (χ0n) is 15.1. The fourth-order valence-electron chi connectivity index (χ4n) is 3.66. The van der Waals surface area contributed by atoms with Gasteiger partial charge in [0, 0.05) is 11.1 Å². The van der Waals surface area contributed by atoms with Gasteiger partial charge in [0.05, 0.1) is 17.3 Å². The predicted molar refractivity (Wildman–Crippen MR) is 92.2 cm³/mol. The smallest absolute Gasteiger partial charge is 0.339 e. The molecule has 1 N–H and O–H groups in total. The van der Waals surface area contributed by atoms with Gasteiger partial charge in [0.1, 0.15) is 5.76 Å². The van der Waals surface area contributed by atoms with Crippen LogP contribution in [0, 0.1) is 0 Å². The van der Waals surface area contributed by atoms with Crippen LogP contribution in [0.5, 0.6) is 0 Å². The third kappa shape index (κ3) is 3.65. The number of hydrogen-bond acceptors (Lipinski definition) is 4. The van der Waals surface area contributed by atoms with Crippen molar-refractivity contribution < 1.29 is 19.4 Å². The first kappa shape index (κ1) is 17.4. The lowest BCUT2D eigenvalue weighted by Gasteiger charge is -2.20. The second kappa shape index (κ2) is 6.16. The Kier molecular flexibility index (Phi) is 4.47. The summed E-state index contributed by atoms with van der Waals surface area (Å²) in [6.07, 6.45) is 9.28. The maximum Gasteiger partial charge on any atom is 0.339 e. The van der Waals surface area contributed by atoms with Gasteiger partial charge in [-0.1, -0.05) is 11.6 Å². The zero-order chi connectivity index (χ0) is 17.5. The lowest BCUT2D eigenvalue weighted by molar-refractivity contribution is -0.133. The van der Waals surface area contributed by atoms with Crippen molar-refractivity contribution in [2.24, 2.45) is 0 Å². The van der Waals surface area contributed by atoms with E-state index in [1.54, 1.807) is 19.9 Å². The molecule has 0 bridgehead atoms. The molecule has 0 amide bonds. The SMILES string of the molecule is CC1=C2CC/C(C)=C/CC[C@@]3(C)O[C@@H]3CC[C@@](C)(O)/C=C\2OC1=O. The van der Waals surface area contributed by atoms with Gasteiger partial charge in [0.15, 0.2) is 0 Å². The second-order valence-electron chi connectivity index (χ2n) is 7.91. The minimum Gasteiger partial charge on any atom is -0.423 e. The van der Waals surface area contributed by atoms with Gasteiger partial charge in [-0.2, -0.15) is 0 Å². The molecule has 1 fully saturated rings. The molecule has 4 nitrogen and oxygen atoms in total. The molecule has 2 heterocycles. The highest BCUT2D eigenvalue weighted by molar-refractivity contribution is 5.93. The monoisotopic (exact) mass is 332 g/mol. The first-order valence-electron chi connectivity index (χ1n) is 8.91. The summed E-state index contributed by atoms with van der Waals surface area (Å²) >= 11 is 0. The minimum absolute atomic E-state index is 0.0500. The molecule has 3 aliphatic rings. The summed E-state index contributed by atoms with van der Waals surface area (Å²) in [7, 11) is 0. The van der Waals surface area contributed by atoms with E-state index in [1.807, 2.05) is 0 Å². The Hall–Kier alpha value is -1.39. The fourth-order valence-corrected chi connectivity index (χ4v) is 3.66. The summed E-state index contributed by atoms with van der Waals surface area (Å²) in [4.78, 5) is 11.9. The van der Waals surface area contributed by atoms with Gasteiger partial charge in [-0.3, -0.25) is 0 Å². The number of rotatable bonds is 0. The highest BCUT2D eigenvalue weighted by Gasteiger charge is 2.51. The van der Waals surface area contributed by atoms with Crippen molar-refractivity contribution in [3.8, 4) is 0 Å². The average Bonchev–Trinajstić information content (AvgIpc) is 3.06. The normalized spacial score (nSPS) is 42.0. The molecule has 132 valence electrons. The van der Waals surface area contributed by atoms with Crippen molar-refractivity contribution in [2.45, 2.75) is 83.5 Å². The number of aliphatic hydroxyl groups is 1. The maximum absolute atomic E-state index is 11.9. The molecular formula is C20H28O4. The highest BCUT2D eigenvalue weighted by Crippen LogP contribution is 2.44. The van der Waals surface area contributed by atoms with Gasteiger partial charge >= 0.3 is 5.97 Å². The van der Waals surface area contributed by atoms with Crippen LogP contribution in [0.15, 0.2) is 34.6 Å². The third-order valence-electron chi connectivity index (χ3n) is 5.55. The van der Waals surface area contributed by atoms with E-state index >= 15 is 0 Å². The lowest BCUT2D eigenvalue weighted by Crippen LogP contribution is -2.23. The molecule has 24 heavy (non-hydrogen) atoms. The van der Waals surface area contributed by atoms with E-state index in [1.165, 1.54) is 5.57 Å². The fraction of sp³-hybridized carbons (Fsp3) is 0.650. The zero-order valence-corrected chi connectivity index (χ0v) is 15.1. The van der Waals surface area contributed by atoms with E-state index in [0.717, 1.165) is 37.7 Å². The molecule has 0 aromatic rings. The molecule has 3 rings (SSSR count). The van der Waals surface area contributed by atoms with Crippen LogP contribution < -0.4 is 0 Å². The molecule has 0 aromatic carbocycles. The Morgan fingerprint density at radius 3 is 2.71 bits per heavy atom. The van der Waals surface area contributed by atoms with Crippen LogP contribution in [0.2, 0.25) is 0 Å². The van der Waals surface area contributed by atoms with E-state index in [0.29, 0.717) is 17.8 Å². The van der Waals surface area contributed by atoms with Crippen molar-refractivity contribution in [3.05, 3.63) is 34.6 Å². The number of ether oxygens (including phenoxy) is 2. The summed E-state index contributed by atoms with van der Waals surface area (Å²) in [6, 6.07) is 0. The van der Waals surface area contributed by atoms with Crippen molar-refractivity contribution in [3.63, 3.8) is 0 Å². The first-order valence-corrected chi connectivity index (χ1v) is 8.91. The molecular weight excluding hydrogens is 304 g/mol. The minimum atomic E-state index is -1.01. The third-order valence-corrected chi connectivity index (χ3v) is 5.55. The van der Waals surface area contributed by atoms with Gasteiger partial charge in [-0.15, -0.1) is 0 Å². The molecule has 0 unspecified atom stereocenters. The number of hydrogen-bond donors (Lipinski definition) is 1. The summed E-state index contributed by atoms with van der Waals surface area (Å²) in [5.74, 6) is 0.239. The van der Waals surface area contributed by atoms with Crippen LogP contribution in [0.4, 0.5) is 0 Å². The first-order chi connectivity index (χ1) is 11.2. The summed E-state index contributed by atoms with van der Waals surface area (Å²) < 4.78 is 11.3. The maximum atomic E-state index is 11.9. The Morgan fingerprint density at radius 2 is 1.96 bits per heavy atom. The number of epoxide rings is 1. The largest absolute Gasteiger partial charge is 0.423 e. The van der Waals surface area contributed by atoms with Crippen LogP contribution in [0.1, 0.15) is 66.2 Å². The summed E-state index contributed by atoms with van der Waals surface area (Å²) in [6.45, 7) is 7.87. The van der Waals surface area contributed by atoms with Crippen molar-refractivity contribution in [1.82, 2.24) is 0 Å². The van der Waals surface area contributed by atoms with Crippen LogP contribution in [0.25, 0.3) is 0 Å². The average molecular weight is 332 g/mol. The molecule has 0 saturated carbocycles. The molecule has 2 aliphatic heterocycles. The summed E-state index contributed by atoms with van der Waals surface area (Å²) in [5, 5.41) is 10.7. The second-order valence-corrected chi connectivity index (χ2v) is 7.91. The lowest BCUT2D eigenvalue weighted by atomic mass is 9.90. The molecule has 0 spiro atoms. The number of carbonyl (C=O) groups excluding carboxylic acids is 1. The quantitative estimate of drug-likeness (QED) is 0.414. The Bertz CT molecular complexity index is 638. The van der Waals surface area contributed by atoms with Crippen molar-refractivity contribution in [2.75, 3.05) is 0 Å². The van der Waals surface area contributed by atoms with Crippen molar-refractivity contribution >= 4 is 5.97 Å². The number of carbonyl (C=O) groups is 1. The van der Waals surface area contributed by atoms with Crippen LogP contribution in [-0.2, 0) is 14.3 Å². The van der Waals surface area contributed by atoms with Gasteiger partial charge in [-0.25, -0.2) is 4.79 Å². The Morgan fingerprint density at radius 1 is 1.21 bits per heavy atom. The molecule has 0 radical (unpaired) electrons. The van der Waals surface area contributed by atoms with Gasteiger partial charge in [-0.05, 0) is 72.3 Å². The number of esters is 1. The van der Waals surface area contributed by atoms with E-state index in [2.05, 4.69) is 19.9 Å². The van der Waals surface area contributed by atoms with Crippen LogP contribution >= 0.6 is 0 Å². The molecule has 3 atom stereocenters. The Balaban J connectivity index is 1.87. The molecule has 1 aliphatic carbocycles. The highest BCUT2D eigenvalue weighted by atomic mass is 16.6. The van der Waals surface area contributed by atoms with Crippen LogP contribution in [0.3, 0.4) is 0 Å². The molecule has 4 heteroatoms. The molecule has 1 saturated heterocycles. The van der Waals surface area contributed by atoms with Gasteiger partial charge < -0.3 is 14.6 Å². The van der Waals surface area contributed by atoms with E-state index < -0.39 is 5.60 Å². The molecule has 0 aromatic heterocycles. The predicted octanol–water partition coefficient (Wildman–Crippen LogP) is 3.95. The van der Waals surface area contributed by atoms with E-state index in [4.69, 9.17) is 9.47 Å². The van der Waals surface area contributed by atoms with Crippen LogP contribution in [-0.4, -0.2) is 28.4 Å². The number of fused-ring (bicyclic) bond motifs is 2. The van der Waals surface area contributed by atoms with Gasteiger partial charge in [0.25, 0.3) is 0 Å². The number of allylic oxidation sites excluding steroid dienone is 3. The Labute approximate surface area is 144 Å².